The summed E-state index contributed by atoms with van der Waals surface area (Å²) in [5.74, 6) is -3.35. The van der Waals surface area contributed by atoms with E-state index in [2.05, 4.69) is 15.6 Å². The number of carboxylic acids is 1. The van der Waals surface area contributed by atoms with Gasteiger partial charge in [0.15, 0.2) is 5.76 Å². The molecule has 14 heteroatoms. The Morgan fingerprint density at radius 1 is 1.27 bits per heavy atom. The van der Waals surface area contributed by atoms with E-state index in [9.17, 15) is 31.1 Å². The van der Waals surface area contributed by atoms with Gasteiger partial charge in [0, 0.05) is 31.3 Å². The number of hydrogen-bond acceptors (Lipinski definition) is 6. The fourth-order valence-corrected chi connectivity index (χ4v) is 2.87. The van der Waals surface area contributed by atoms with Crippen LogP contribution in [0.3, 0.4) is 0 Å². The van der Waals surface area contributed by atoms with Crippen molar-refractivity contribution in [1.82, 2.24) is 15.6 Å². The van der Waals surface area contributed by atoms with E-state index in [0.29, 0.717) is 19.6 Å². The van der Waals surface area contributed by atoms with Gasteiger partial charge in [-0.05, 0) is 18.6 Å². The Hall–Kier alpha value is -3.13. The lowest BCUT2D eigenvalue weighted by molar-refractivity contribution is -0.192. The van der Waals surface area contributed by atoms with Crippen LogP contribution in [0.2, 0.25) is 0 Å². The molecule has 2 atom stereocenters. The zero-order valence-electron chi connectivity index (χ0n) is 17.0. The van der Waals surface area contributed by atoms with Crippen LogP contribution in [-0.2, 0) is 15.7 Å². The quantitative estimate of drug-likeness (QED) is 0.560. The van der Waals surface area contributed by atoms with Gasteiger partial charge in [0.2, 0.25) is 0 Å². The van der Waals surface area contributed by atoms with Gasteiger partial charge < -0.3 is 24.9 Å². The first-order valence-electron chi connectivity index (χ1n) is 9.28. The molecule has 1 saturated heterocycles. The number of carbonyl (C=O) groups is 2. The van der Waals surface area contributed by atoms with Crippen LogP contribution in [-0.4, -0.2) is 60.5 Å². The molecule has 1 aliphatic rings. The highest BCUT2D eigenvalue weighted by molar-refractivity contribution is 5.90. The summed E-state index contributed by atoms with van der Waals surface area (Å²) >= 11 is 0. The number of carboxylic acid groups (broad SMARTS) is 1. The van der Waals surface area contributed by atoms with Crippen LogP contribution in [0.1, 0.15) is 22.7 Å². The number of amides is 1. The molecule has 0 unspecified atom stereocenters. The first-order valence-corrected chi connectivity index (χ1v) is 9.28. The van der Waals surface area contributed by atoms with Crippen LogP contribution >= 0.6 is 0 Å². The van der Waals surface area contributed by atoms with Crippen molar-refractivity contribution in [1.29, 1.82) is 0 Å². The maximum Gasteiger partial charge on any atom is 0.490 e. The van der Waals surface area contributed by atoms with Crippen molar-refractivity contribution in [2.24, 2.45) is 0 Å². The van der Waals surface area contributed by atoms with Gasteiger partial charge in [-0.15, -0.1) is 0 Å². The third-order valence-electron chi connectivity index (χ3n) is 4.34. The second-order valence-corrected chi connectivity index (χ2v) is 6.88. The standard InChI is InChI=1S/C17H18F3N3O3.C2HF3O2/c1-25-9-13-6-12(7-21-13)23-15(24)16-22-8-14(26-16)10-3-2-4-11(5-10)17(18,19)20;3-2(4,5)1(6)7/h2-5,8,12-13,21H,6-7,9H2,1H3,(H,23,24);(H,6,7)/t12-,13-;/m1./s1. The van der Waals surface area contributed by atoms with Crippen molar-refractivity contribution in [3.8, 4) is 11.3 Å². The molecule has 0 bridgehead atoms. The molecule has 0 aliphatic carbocycles. The van der Waals surface area contributed by atoms with Gasteiger partial charge >= 0.3 is 24.2 Å². The smallest absolute Gasteiger partial charge is 0.475 e. The molecule has 1 aromatic carbocycles. The van der Waals surface area contributed by atoms with Gasteiger partial charge in [0.1, 0.15) is 0 Å². The molecular formula is C19H19F6N3O5. The topological polar surface area (TPSA) is 114 Å². The van der Waals surface area contributed by atoms with Crippen LogP contribution in [0.5, 0.6) is 0 Å². The predicted molar refractivity (Wildman–Crippen MR) is 100 cm³/mol. The fourth-order valence-electron chi connectivity index (χ4n) is 2.87. The Morgan fingerprint density at radius 3 is 2.52 bits per heavy atom. The Balaban J connectivity index is 0.000000479. The SMILES string of the molecule is COC[C@H]1C[C@@H](NC(=O)c2ncc(-c3cccc(C(F)(F)F)c3)o2)CN1.O=C(O)C(F)(F)F. The third kappa shape index (κ3) is 7.75. The average molecular weight is 483 g/mol. The number of ether oxygens (including phenoxy) is 1. The number of oxazole rings is 1. The van der Waals surface area contributed by atoms with Crippen molar-refractivity contribution in [2.75, 3.05) is 20.3 Å². The number of halogens is 6. The summed E-state index contributed by atoms with van der Waals surface area (Å²) in [5, 5.41) is 13.1. The number of aliphatic carboxylic acids is 1. The van der Waals surface area contributed by atoms with E-state index in [1.54, 1.807) is 7.11 Å². The lowest BCUT2D eigenvalue weighted by atomic mass is 10.1. The molecule has 0 saturated carbocycles. The second-order valence-electron chi connectivity index (χ2n) is 6.88. The average Bonchev–Trinajstić information content (AvgIpc) is 3.37. The number of rotatable bonds is 5. The minimum absolute atomic E-state index is 0.0912. The highest BCUT2D eigenvalue weighted by atomic mass is 19.4. The van der Waals surface area contributed by atoms with Crippen molar-refractivity contribution < 1.29 is 50.2 Å². The van der Waals surface area contributed by atoms with Crippen LogP contribution in [0.25, 0.3) is 11.3 Å². The summed E-state index contributed by atoms with van der Waals surface area (Å²) in [6.45, 7) is 1.14. The van der Waals surface area contributed by atoms with Crippen LogP contribution < -0.4 is 10.6 Å². The molecular weight excluding hydrogens is 464 g/mol. The van der Waals surface area contributed by atoms with E-state index in [-0.39, 0.29) is 29.3 Å². The first-order chi connectivity index (χ1) is 15.3. The van der Waals surface area contributed by atoms with Crippen molar-refractivity contribution in [3.63, 3.8) is 0 Å². The van der Waals surface area contributed by atoms with Gasteiger partial charge in [-0.1, -0.05) is 12.1 Å². The lowest BCUT2D eigenvalue weighted by Crippen LogP contribution is -2.36. The normalized spacial score (nSPS) is 18.4. The number of carbonyl (C=O) groups excluding carboxylic acids is 1. The van der Waals surface area contributed by atoms with E-state index in [0.717, 1.165) is 12.1 Å². The number of hydrogen-bond donors (Lipinski definition) is 3. The molecule has 2 aromatic rings. The highest BCUT2D eigenvalue weighted by Crippen LogP contribution is 2.32. The molecule has 1 aromatic heterocycles. The van der Waals surface area contributed by atoms with E-state index < -0.39 is 29.8 Å². The molecule has 3 rings (SSSR count). The van der Waals surface area contributed by atoms with Gasteiger partial charge in [-0.3, -0.25) is 4.79 Å². The second kappa shape index (κ2) is 10.7. The molecule has 0 radical (unpaired) electrons. The lowest BCUT2D eigenvalue weighted by Gasteiger charge is -2.10. The van der Waals surface area contributed by atoms with E-state index in [4.69, 9.17) is 19.1 Å². The minimum Gasteiger partial charge on any atom is -0.475 e. The minimum atomic E-state index is -5.08. The molecule has 2 heterocycles. The Morgan fingerprint density at radius 2 is 1.94 bits per heavy atom. The largest absolute Gasteiger partial charge is 0.490 e. The zero-order chi connectivity index (χ0) is 24.8. The molecule has 3 N–H and O–H groups in total. The molecule has 182 valence electrons. The monoisotopic (exact) mass is 483 g/mol. The summed E-state index contributed by atoms with van der Waals surface area (Å²) in [6.07, 6.45) is -7.59. The number of aromatic nitrogens is 1. The van der Waals surface area contributed by atoms with Crippen LogP contribution in [0, 0.1) is 0 Å². The van der Waals surface area contributed by atoms with Crippen LogP contribution in [0.4, 0.5) is 26.3 Å². The molecule has 1 aliphatic heterocycles. The predicted octanol–water partition coefficient (Wildman–Crippen LogP) is 3.10. The first kappa shape index (κ1) is 26.1. The highest BCUT2D eigenvalue weighted by Gasteiger charge is 2.38. The maximum absolute atomic E-state index is 12.8. The Labute approximate surface area is 182 Å². The number of methoxy groups -OCH3 is 1. The summed E-state index contributed by atoms with van der Waals surface area (Å²) in [4.78, 5) is 25.0. The molecule has 1 amide bonds. The van der Waals surface area contributed by atoms with Crippen molar-refractivity contribution >= 4 is 11.9 Å². The number of benzene rings is 1. The molecule has 1 fully saturated rings. The maximum atomic E-state index is 12.8. The molecule has 0 spiro atoms. The van der Waals surface area contributed by atoms with E-state index in [1.807, 2.05) is 0 Å². The van der Waals surface area contributed by atoms with Crippen LogP contribution in [0.15, 0.2) is 34.9 Å². The molecule has 33 heavy (non-hydrogen) atoms. The van der Waals surface area contributed by atoms with Gasteiger partial charge in [-0.25, -0.2) is 9.78 Å². The van der Waals surface area contributed by atoms with Crippen molar-refractivity contribution in [3.05, 3.63) is 41.9 Å². The fraction of sp³-hybridized carbons (Fsp3) is 0.421. The summed E-state index contributed by atoms with van der Waals surface area (Å²) < 4.78 is 80.6. The molecule has 8 nitrogen and oxygen atoms in total. The Kier molecular flexibility index (Phi) is 8.44. The number of alkyl halides is 6. The summed E-state index contributed by atoms with van der Waals surface area (Å²) in [6, 6.07) is 4.74. The number of nitrogens with zero attached hydrogens (tertiary/aromatic N) is 1. The zero-order valence-corrected chi connectivity index (χ0v) is 17.0. The van der Waals surface area contributed by atoms with E-state index >= 15 is 0 Å². The van der Waals surface area contributed by atoms with Gasteiger partial charge in [0.25, 0.3) is 5.89 Å². The van der Waals surface area contributed by atoms with Crippen molar-refractivity contribution in [2.45, 2.75) is 30.9 Å². The Bertz CT molecular complexity index is 960. The van der Waals surface area contributed by atoms with Gasteiger partial charge in [0.05, 0.1) is 18.4 Å². The summed E-state index contributed by atoms with van der Waals surface area (Å²) in [5.41, 5.74) is -0.590. The third-order valence-corrected chi connectivity index (χ3v) is 4.34. The summed E-state index contributed by atoms with van der Waals surface area (Å²) in [7, 11) is 1.61. The van der Waals surface area contributed by atoms with E-state index in [1.165, 1.54) is 18.3 Å². The number of nitrogens with one attached hydrogen (secondary N) is 2. The van der Waals surface area contributed by atoms with Gasteiger partial charge in [-0.2, -0.15) is 26.3 Å².